The molecule has 1 aromatic heterocycles. The van der Waals surface area contributed by atoms with Crippen LogP contribution in [0.1, 0.15) is 35.3 Å². The zero-order valence-corrected chi connectivity index (χ0v) is 11.7. The molecule has 1 unspecified atom stereocenters. The smallest absolute Gasteiger partial charge is 0.381 e. The number of ether oxygens (including phenoxy) is 1. The van der Waals surface area contributed by atoms with E-state index in [0.29, 0.717) is 17.5 Å². The van der Waals surface area contributed by atoms with E-state index >= 15 is 0 Å². The van der Waals surface area contributed by atoms with Gasteiger partial charge in [-0.25, -0.2) is 4.98 Å². The van der Waals surface area contributed by atoms with Crippen molar-refractivity contribution in [3.05, 3.63) is 15.6 Å². The van der Waals surface area contributed by atoms with Crippen molar-refractivity contribution >= 4 is 11.3 Å². The normalized spacial score (nSPS) is 17.7. The van der Waals surface area contributed by atoms with Gasteiger partial charge in [0.1, 0.15) is 0 Å². The fourth-order valence-corrected chi connectivity index (χ4v) is 2.84. The Morgan fingerprint density at radius 3 is 2.68 bits per heavy atom. The van der Waals surface area contributed by atoms with E-state index in [2.05, 4.69) is 10.3 Å². The molecule has 0 spiro atoms. The standard InChI is InChI=1S/C12H17F3N2OS/c1-7(18-2)5-10-17-11(12(13,14)15)9(19-10)6-16-8-3-4-8/h7-8,16H,3-6H2,1-2H3. The average Bonchev–Trinajstić information content (AvgIpc) is 3.06. The molecule has 1 saturated carbocycles. The van der Waals surface area contributed by atoms with Crippen molar-refractivity contribution in [2.75, 3.05) is 7.11 Å². The summed E-state index contributed by atoms with van der Waals surface area (Å²) in [5, 5.41) is 3.59. The number of hydrogen-bond donors (Lipinski definition) is 1. The minimum Gasteiger partial charge on any atom is -0.381 e. The Balaban J connectivity index is 2.12. The molecule has 0 aliphatic heterocycles. The molecular formula is C12H17F3N2OS. The molecule has 1 aromatic rings. The largest absolute Gasteiger partial charge is 0.434 e. The third-order valence-corrected chi connectivity index (χ3v) is 4.08. The number of nitrogens with zero attached hydrogens (tertiary/aromatic N) is 1. The van der Waals surface area contributed by atoms with Crippen LogP contribution in [0.4, 0.5) is 13.2 Å². The summed E-state index contributed by atoms with van der Waals surface area (Å²) in [5.74, 6) is 0. The lowest BCUT2D eigenvalue weighted by Gasteiger charge is -2.06. The highest BCUT2D eigenvalue weighted by atomic mass is 32.1. The second kappa shape index (κ2) is 5.76. The van der Waals surface area contributed by atoms with Gasteiger partial charge in [-0.1, -0.05) is 0 Å². The van der Waals surface area contributed by atoms with Gasteiger partial charge in [0.05, 0.1) is 16.0 Å². The summed E-state index contributed by atoms with van der Waals surface area (Å²) >= 11 is 1.13. The van der Waals surface area contributed by atoms with Crippen LogP contribution in [0.3, 0.4) is 0 Å². The molecule has 0 aromatic carbocycles. The Morgan fingerprint density at radius 2 is 2.16 bits per heavy atom. The van der Waals surface area contributed by atoms with Gasteiger partial charge in [-0.3, -0.25) is 0 Å². The molecule has 19 heavy (non-hydrogen) atoms. The molecule has 3 nitrogen and oxygen atoms in total. The molecule has 1 N–H and O–H groups in total. The van der Waals surface area contributed by atoms with Crippen LogP contribution >= 0.6 is 11.3 Å². The minimum absolute atomic E-state index is 0.128. The van der Waals surface area contributed by atoms with E-state index in [9.17, 15) is 13.2 Å². The van der Waals surface area contributed by atoms with Crippen LogP contribution < -0.4 is 5.32 Å². The van der Waals surface area contributed by atoms with Crippen molar-refractivity contribution in [3.8, 4) is 0 Å². The zero-order valence-electron chi connectivity index (χ0n) is 10.9. The summed E-state index contributed by atoms with van der Waals surface area (Å²) in [4.78, 5) is 4.02. The molecule has 0 radical (unpaired) electrons. The lowest BCUT2D eigenvalue weighted by Crippen LogP contribution is -2.18. The van der Waals surface area contributed by atoms with Crippen LogP contribution in [0, 0.1) is 0 Å². The lowest BCUT2D eigenvalue weighted by atomic mass is 10.3. The quantitative estimate of drug-likeness (QED) is 0.876. The third-order valence-electron chi connectivity index (χ3n) is 3.00. The number of rotatable bonds is 6. The van der Waals surface area contributed by atoms with Gasteiger partial charge in [-0.05, 0) is 19.8 Å². The van der Waals surface area contributed by atoms with Gasteiger partial charge in [-0.15, -0.1) is 11.3 Å². The first-order valence-electron chi connectivity index (χ1n) is 6.22. The third kappa shape index (κ3) is 4.15. The fraction of sp³-hybridized carbons (Fsp3) is 0.750. The summed E-state index contributed by atoms with van der Waals surface area (Å²) in [6.07, 6.45) is -2.00. The van der Waals surface area contributed by atoms with Gasteiger partial charge in [0.15, 0.2) is 5.69 Å². The first kappa shape index (κ1) is 14.7. The average molecular weight is 294 g/mol. The zero-order chi connectivity index (χ0) is 14.0. The lowest BCUT2D eigenvalue weighted by molar-refractivity contribution is -0.141. The van der Waals surface area contributed by atoms with Gasteiger partial charge < -0.3 is 10.1 Å². The van der Waals surface area contributed by atoms with Crippen molar-refractivity contribution < 1.29 is 17.9 Å². The maximum atomic E-state index is 12.9. The second-order valence-corrected chi connectivity index (χ2v) is 5.95. The van der Waals surface area contributed by atoms with E-state index in [-0.39, 0.29) is 17.5 Å². The summed E-state index contributed by atoms with van der Waals surface area (Å²) in [6, 6.07) is 0.379. The van der Waals surface area contributed by atoms with Crippen molar-refractivity contribution in [3.63, 3.8) is 0 Å². The molecule has 0 bridgehead atoms. The number of halogens is 3. The van der Waals surface area contributed by atoms with Crippen molar-refractivity contribution in [2.45, 2.75) is 51.1 Å². The van der Waals surface area contributed by atoms with E-state index in [4.69, 9.17) is 4.74 Å². The Labute approximate surface area is 114 Å². The second-order valence-electron chi connectivity index (χ2n) is 4.78. The van der Waals surface area contributed by atoms with Gasteiger partial charge in [-0.2, -0.15) is 13.2 Å². The first-order chi connectivity index (χ1) is 8.90. The molecule has 0 saturated heterocycles. The minimum atomic E-state index is -4.38. The Morgan fingerprint density at radius 1 is 1.47 bits per heavy atom. The highest BCUT2D eigenvalue weighted by Crippen LogP contribution is 2.35. The van der Waals surface area contributed by atoms with Crippen LogP contribution in [0.15, 0.2) is 0 Å². The highest BCUT2D eigenvalue weighted by molar-refractivity contribution is 7.11. The maximum absolute atomic E-state index is 12.9. The predicted octanol–water partition coefficient (Wildman–Crippen LogP) is 2.99. The van der Waals surface area contributed by atoms with Crippen molar-refractivity contribution in [2.24, 2.45) is 0 Å². The summed E-state index contributed by atoms with van der Waals surface area (Å²) in [5.41, 5.74) is -0.746. The van der Waals surface area contributed by atoms with Gasteiger partial charge in [0.25, 0.3) is 0 Å². The van der Waals surface area contributed by atoms with Crippen molar-refractivity contribution in [1.82, 2.24) is 10.3 Å². The molecule has 1 fully saturated rings. The number of alkyl halides is 3. The fourth-order valence-electron chi connectivity index (χ4n) is 1.68. The maximum Gasteiger partial charge on any atom is 0.434 e. The highest BCUT2D eigenvalue weighted by Gasteiger charge is 2.37. The van der Waals surface area contributed by atoms with Gasteiger partial charge in [0.2, 0.25) is 0 Å². The van der Waals surface area contributed by atoms with E-state index < -0.39 is 11.9 Å². The Hall–Kier alpha value is -0.660. The summed E-state index contributed by atoms with van der Waals surface area (Å²) < 4.78 is 43.8. The van der Waals surface area contributed by atoms with Crippen LogP contribution in [0.5, 0.6) is 0 Å². The monoisotopic (exact) mass is 294 g/mol. The summed E-state index contributed by atoms with van der Waals surface area (Å²) in [7, 11) is 1.54. The first-order valence-corrected chi connectivity index (χ1v) is 7.03. The number of aromatic nitrogens is 1. The van der Waals surface area contributed by atoms with Gasteiger partial charge >= 0.3 is 6.18 Å². The molecule has 108 valence electrons. The van der Waals surface area contributed by atoms with E-state index in [1.165, 1.54) is 0 Å². The van der Waals surface area contributed by atoms with Crippen LogP contribution in [0.2, 0.25) is 0 Å². The Bertz CT molecular complexity index is 429. The van der Waals surface area contributed by atoms with Gasteiger partial charge in [0, 0.05) is 26.1 Å². The number of methoxy groups -OCH3 is 1. The van der Waals surface area contributed by atoms with Crippen LogP contribution in [-0.2, 0) is 23.9 Å². The molecule has 1 atom stereocenters. The molecule has 2 rings (SSSR count). The summed E-state index contributed by atoms with van der Waals surface area (Å²) in [6.45, 7) is 2.06. The van der Waals surface area contributed by atoms with E-state index in [1.807, 2.05) is 6.92 Å². The van der Waals surface area contributed by atoms with Crippen LogP contribution in [-0.4, -0.2) is 24.2 Å². The van der Waals surface area contributed by atoms with Crippen LogP contribution in [0.25, 0.3) is 0 Å². The molecule has 1 heterocycles. The SMILES string of the molecule is COC(C)Cc1nc(C(F)(F)F)c(CNC2CC2)s1. The number of hydrogen-bond acceptors (Lipinski definition) is 4. The molecule has 0 amide bonds. The molecular weight excluding hydrogens is 277 g/mol. The van der Waals surface area contributed by atoms with E-state index in [0.717, 1.165) is 24.2 Å². The molecule has 1 aliphatic rings. The number of nitrogens with one attached hydrogen (secondary N) is 1. The Kier molecular flexibility index (Phi) is 4.47. The van der Waals surface area contributed by atoms with E-state index in [1.54, 1.807) is 7.11 Å². The molecule has 1 aliphatic carbocycles. The van der Waals surface area contributed by atoms with Crippen molar-refractivity contribution in [1.29, 1.82) is 0 Å². The predicted molar refractivity (Wildman–Crippen MR) is 67.2 cm³/mol. The number of thiazole rings is 1. The topological polar surface area (TPSA) is 34.1 Å². The molecule has 7 heteroatoms.